The van der Waals surface area contributed by atoms with E-state index in [0.29, 0.717) is 4.74 Å². The number of hydrogen-bond acceptors (Lipinski definition) is 1. The van der Waals surface area contributed by atoms with Crippen LogP contribution in [0.15, 0.2) is 24.9 Å². The number of nitrogens with zero attached hydrogens (tertiary/aromatic N) is 1. The molecule has 1 N–H and O–H groups in total. The molecule has 0 saturated carbocycles. The van der Waals surface area contributed by atoms with Gasteiger partial charge in [0.15, 0.2) is 6.72 Å². The van der Waals surface area contributed by atoms with Crippen LogP contribution < -0.4 is 0 Å². The minimum absolute atomic E-state index is 0.710. The summed E-state index contributed by atoms with van der Waals surface area (Å²) < 4.78 is 0.710. The summed E-state index contributed by atoms with van der Waals surface area (Å²) in [5.74, 6) is 0. The second kappa shape index (κ2) is 3.15. The fourth-order valence-electron chi connectivity index (χ4n) is 0.160. The first kappa shape index (κ1) is 5.95. The van der Waals surface area contributed by atoms with Gasteiger partial charge in [0.25, 0.3) is 0 Å². The van der Waals surface area contributed by atoms with Gasteiger partial charge in [-0.25, -0.2) is 0 Å². The smallest absolute Gasteiger partial charge is 0.221 e. The van der Waals surface area contributed by atoms with Crippen LogP contribution in [0.1, 0.15) is 0 Å². The summed E-state index contributed by atoms with van der Waals surface area (Å²) in [4.78, 5) is 0. The van der Waals surface area contributed by atoms with E-state index >= 15 is 0 Å². The molecule has 2 nitrogen and oxygen atoms in total. The molecule has 0 saturated heterocycles. The molecule has 0 rings (SSSR count). The van der Waals surface area contributed by atoms with Crippen LogP contribution in [0.2, 0.25) is 0 Å². The third kappa shape index (κ3) is 4.95. The van der Waals surface area contributed by atoms with Crippen molar-refractivity contribution >= 4 is 6.72 Å². The fourth-order valence-corrected chi connectivity index (χ4v) is 0.160. The molecular formula is C5H8NO+. The number of allylic oxidation sites excluding steroid dienone is 2. The van der Waals surface area contributed by atoms with Gasteiger partial charge in [-0.05, 0) is 4.74 Å². The Hall–Kier alpha value is -1.05. The predicted octanol–water partition coefficient (Wildman–Crippen LogP) is 0.788. The molecule has 0 radical (unpaired) electrons. The Morgan fingerprint density at radius 3 is 2.29 bits per heavy atom. The molecule has 7 heavy (non-hydrogen) atoms. The van der Waals surface area contributed by atoms with E-state index in [4.69, 9.17) is 5.21 Å². The van der Waals surface area contributed by atoms with Gasteiger partial charge in [0.1, 0.15) is 0 Å². The highest BCUT2D eigenvalue weighted by Crippen LogP contribution is 1.68. The van der Waals surface area contributed by atoms with Crippen LogP contribution in [-0.4, -0.2) is 16.7 Å². The lowest BCUT2D eigenvalue weighted by Gasteiger charge is -1.70. The minimum atomic E-state index is 0.710. The van der Waals surface area contributed by atoms with Crippen molar-refractivity contribution in [1.29, 1.82) is 0 Å². The lowest BCUT2D eigenvalue weighted by molar-refractivity contribution is -0.718. The third-order valence-electron chi connectivity index (χ3n) is 0.394. The van der Waals surface area contributed by atoms with E-state index in [9.17, 15) is 0 Å². The Morgan fingerprint density at radius 1 is 1.57 bits per heavy atom. The maximum Gasteiger partial charge on any atom is 0.221 e. The summed E-state index contributed by atoms with van der Waals surface area (Å²) in [5.41, 5.74) is 0. The molecule has 0 aliphatic carbocycles. The predicted molar refractivity (Wildman–Crippen MR) is 28.5 cm³/mol. The lowest BCUT2D eigenvalue weighted by atomic mass is 10.6. The standard InChI is InChI=1S/C5H8NO/c1-3-4-5-6(2)7/h3-5,7H,1-2H2/q+1/b5-4-. The highest BCUT2D eigenvalue weighted by molar-refractivity contribution is 5.14. The number of hydrogen-bond donors (Lipinski definition) is 1. The van der Waals surface area contributed by atoms with E-state index in [1.807, 2.05) is 0 Å². The summed E-state index contributed by atoms with van der Waals surface area (Å²) >= 11 is 0. The zero-order valence-corrected chi connectivity index (χ0v) is 4.04. The maximum atomic E-state index is 8.27. The van der Waals surface area contributed by atoms with Crippen molar-refractivity contribution < 1.29 is 9.95 Å². The van der Waals surface area contributed by atoms with Crippen molar-refractivity contribution in [3.8, 4) is 0 Å². The van der Waals surface area contributed by atoms with Gasteiger partial charge in [0.2, 0.25) is 6.20 Å². The fraction of sp³-hybridized carbons (Fsp3) is 0. The van der Waals surface area contributed by atoms with E-state index in [2.05, 4.69) is 13.3 Å². The van der Waals surface area contributed by atoms with Crippen LogP contribution in [0.25, 0.3) is 0 Å². The molecule has 0 fully saturated rings. The van der Waals surface area contributed by atoms with Crippen LogP contribution in [0.4, 0.5) is 0 Å². The molecule has 38 valence electrons. The summed E-state index contributed by atoms with van der Waals surface area (Å²) in [6.45, 7) is 6.51. The highest BCUT2D eigenvalue weighted by Gasteiger charge is 1.75. The minimum Gasteiger partial charge on any atom is -0.286 e. The number of hydroxylamine groups is 1. The normalized spacial score (nSPS) is 9.14. The second-order valence-electron chi connectivity index (χ2n) is 1.02. The molecule has 0 atom stereocenters. The van der Waals surface area contributed by atoms with Crippen LogP contribution in [-0.2, 0) is 0 Å². The van der Waals surface area contributed by atoms with E-state index in [-0.39, 0.29) is 0 Å². The van der Waals surface area contributed by atoms with Gasteiger partial charge in [-0.2, -0.15) is 0 Å². The molecule has 0 spiro atoms. The monoisotopic (exact) mass is 98.1 g/mol. The quantitative estimate of drug-likeness (QED) is 0.178. The largest absolute Gasteiger partial charge is 0.286 e. The number of rotatable bonds is 2. The van der Waals surface area contributed by atoms with Crippen molar-refractivity contribution in [2.45, 2.75) is 0 Å². The van der Waals surface area contributed by atoms with Gasteiger partial charge in [0.05, 0.1) is 0 Å². The van der Waals surface area contributed by atoms with Gasteiger partial charge in [0, 0.05) is 6.08 Å². The summed E-state index contributed by atoms with van der Waals surface area (Å²) in [7, 11) is 0. The van der Waals surface area contributed by atoms with Crippen LogP contribution >= 0.6 is 0 Å². The summed E-state index contributed by atoms with van der Waals surface area (Å²) in [6.07, 6.45) is 4.51. The molecule has 0 aromatic rings. The molecule has 0 unspecified atom stereocenters. The van der Waals surface area contributed by atoms with Gasteiger partial charge in [-0.15, -0.1) is 0 Å². The average molecular weight is 98.1 g/mol. The van der Waals surface area contributed by atoms with E-state index in [0.717, 1.165) is 0 Å². The Labute approximate surface area is 42.7 Å². The van der Waals surface area contributed by atoms with Crippen molar-refractivity contribution in [1.82, 2.24) is 0 Å². The zero-order chi connectivity index (χ0) is 5.70. The molecule has 0 aliphatic heterocycles. The Balaban J connectivity index is 3.46. The summed E-state index contributed by atoms with van der Waals surface area (Å²) in [6, 6.07) is 0. The molecule has 0 amide bonds. The van der Waals surface area contributed by atoms with Crippen molar-refractivity contribution in [3.05, 3.63) is 24.9 Å². The topological polar surface area (TPSA) is 23.2 Å². The maximum absolute atomic E-state index is 8.27. The van der Waals surface area contributed by atoms with Gasteiger partial charge in [-0.1, -0.05) is 12.7 Å². The Morgan fingerprint density at radius 2 is 2.14 bits per heavy atom. The second-order valence-corrected chi connectivity index (χ2v) is 1.02. The van der Waals surface area contributed by atoms with E-state index in [1.165, 1.54) is 6.20 Å². The molecule has 0 aliphatic rings. The first-order valence-corrected chi connectivity index (χ1v) is 1.85. The van der Waals surface area contributed by atoms with Crippen molar-refractivity contribution in [3.63, 3.8) is 0 Å². The van der Waals surface area contributed by atoms with E-state index < -0.39 is 0 Å². The van der Waals surface area contributed by atoms with Crippen molar-refractivity contribution in [2.75, 3.05) is 0 Å². The van der Waals surface area contributed by atoms with Crippen molar-refractivity contribution in [2.24, 2.45) is 0 Å². The first-order chi connectivity index (χ1) is 3.27. The highest BCUT2D eigenvalue weighted by atomic mass is 16.5. The van der Waals surface area contributed by atoms with Crippen LogP contribution in [0.5, 0.6) is 0 Å². The average Bonchev–Trinajstić information content (AvgIpc) is 1.61. The van der Waals surface area contributed by atoms with Gasteiger partial charge < -0.3 is 0 Å². The Bertz CT molecular complexity index is 105. The third-order valence-corrected chi connectivity index (χ3v) is 0.394. The van der Waals surface area contributed by atoms with E-state index in [1.54, 1.807) is 12.2 Å². The molecule has 0 heterocycles. The SMILES string of the molecule is C=C/C=C\[N+](=C)O. The zero-order valence-electron chi connectivity index (χ0n) is 4.04. The molecular weight excluding hydrogens is 90.1 g/mol. The first-order valence-electron chi connectivity index (χ1n) is 1.85. The van der Waals surface area contributed by atoms with Gasteiger partial charge >= 0.3 is 0 Å². The van der Waals surface area contributed by atoms with Gasteiger partial charge in [-0.3, -0.25) is 5.21 Å². The van der Waals surface area contributed by atoms with Crippen LogP contribution in [0.3, 0.4) is 0 Å². The Kier molecular flexibility index (Phi) is 2.68. The van der Waals surface area contributed by atoms with Crippen LogP contribution in [0, 0.1) is 0 Å². The summed E-state index contributed by atoms with van der Waals surface area (Å²) in [5, 5.41) is 8.27. The molecule has 0 bridgehead atoms. The molecule has 2 heteroatoms. The molecule has 0 aromatic carbocycles. The lowest BCUT2D eigenvalue weighted by Crippen LogP contribution is -1.87. The molecule has 0 aromatic heterocycles.